The van der Waals surface area contributed by atoms with E-state index in [1.807, 2.05) is 0 Å². The highest BCUT2D eigenvalue weighted by molar-refractivity contribution is 6.14. The fourth-order valence-electron chi connectivity index (χ4n) is 12.1. The Bertz CT molecular complexity index is 4420. The zero-order valence-electron chi connectivity index (χ0n) is 42.7. The van der Waals surface area contributed by atoms with E-state index in [9.17, 15) is 0 Å². The van der Waals surface area contributed by atoms with Crippen LogP contribution < -0.4 is 9.80 Å². The van der Waals surface area contributed by atoms with Crippen LogP contribution >= 0.6 is 0 Å². The second-order valence-electron chi connectivity index (χ2n) is 20.1. The van der Waals surface area contributed by atoms with Gasteiger partial charge in [-0.1, -0.05) is 188 Å². The van der Waals surface area contributed by atoms with Crippen molar-refractivity contribution in [2.75, 3.05) is 9.80 Å². The smallest absolute Gasteiger partial charge is 0.0542 e. The van der Waals surface area contributed by atoms with E-state index in [-0.39, 0.29) is 0 Å². The maximum Gasteiger partial charge on any atom is 0.0542 e. The monoisotopic (exact) mass is 994 g/mol. The molecule has 0 aliphatic carbocycles. The topological polar surface area (TPSA) is 16.3 Å². The number of hydrogen-bond acceptors (Lipinski definition) is 2. The Balaban J connectivity index is 0.965. The van der Waals surface area contributed by atoms with E-state index < -0.39 is 0 Å². The first-order valence-corrected chi connectivity index (χ1v) is 26.7. The van der Waals surface area contributed by atoms with Crippen molar-refractivity contribution in [2.45, 2.75) is 0 Å². The molecule has 0 fully saturated rings. The van der Waals surface area contributed by atoms with Gasteiger partial charge < -0.3 is 18.9 Å². The molecule has 0 N–H and O–H groups in total. The second kappa shape index (κ2) is 18.7. The first kappa shape index (κ1) is 45.0. The molecular formula is C74H50N4. The SMILES string of the molecule is c1ccc(-c2ccc3c(c2)c2cc(N(c4cccc(N(c5ccc6c(c5)c5cc(-c7ccccc7)ccc5n6-c5ccccc5)c5cccc6ccccc56)c4)c4cccc5ccccc45)ccc2n3-c2ccccc2)cc1. The zero-order chi connectivity index (χ0) is 51.5. The lowest BCUT2D eigenvalue weighted by atomic mass is 10.0. The van der Waals surface area contributed by atoms with Gasteiger partial charge in [-0.05, 0) is 148 Å². The molecule has 0 saturated carbocycles. The van der Waals surface area contributed by atoms with Crippen molar-refractivity contribution in [1.29, 1.82) is 0 Å². The molecule has 4 heteroatoms. The molecule has 0 saturated heterocycles. The molecule has 0 atom stereocenters. The zero-order valence-corrected chi connectivity index (χ0v) is 42.7. The van der Waals surface area contributed by atoms with E-state index in [2.05, 4.69) is 322 Å². The minimum absolute atomic E-state index is 1.04. The summed E-state index contributed by atoms with van der Waals surface area (Å²) in [6, 6.07) is 111. The van der Waals surface area contributed by atoms with Gasteiger partial charge in [-0.15, -0.1) is 0 Å². The minimum Gasteiger partial charge on any atom is -0.310 e. The molecule has 0 bridgehead atoms. The van der Waals surface area contributed by atoms with Crippen LogP contribution in [0.4, 0.5) is 34.1 Å². The van der Waals surface area contributed by atoms with Crippen molar-refractivity contribution in [3.63, 3.8) is 0 Å². The molecule has 0 unspecified atom stereocenters. The molecule has 15 aromatic rings. The first-order chi connectivity index (χ1) is 38.7. The fourth-order valence-corrected chi connectivity index (χ4v) is 12.1. The van der Waals surface area contributed by atoms with Gasteiger partial charge in [0, 0.05) is 66.4 Å². The van der Waals surface area contributed by atoms with Crippen LogP contribution in [0.1, 0.15) is 0 Å². The quantitative estimate of drug-likeness (QED) is 0.136. The van der Waals surface area contributed by atoms with Crippen LogP contribution in [0.15, 0.2) is 303 Å². The third-order valence-electron chi connectivity index (χ3n) is 15.6. The summed E-state index contributed by atoms with van der Waals surface area (Å²) < 4.78 is 4.81. The van der Waals surface area contributed by atoms with Gasteiger partial charge in [-0.3, -0.25) is 0 Å². The van der Waals surface area contributed by atoms with Crippen molar-refractivity contribution in [1.82, 2.24) is 9.13 Å². The van der Waals surface area contributed by atoms with Gasteiger partial charge in [0.2, 0.25) is 0 Å². The van der Waals surface area contributed by atoms with Crippen molar-refractivity contribution in [3.8, 4) is 33.6 Å². The molecule has 78 heavy (non-hydrogen) atoms. The second-order valence-corrected chi connectivity index (χ2v) is 20.1. The molecule has 2 heterocycles. The number of para-hydroxylation sites is 2. The van der Waals surface area contributed by atoms with Gasteiger partial charge in [0.25, 0.3) is 0 Å². The van der Waals surface area contributed by atoms with Crippen LogP contribution in [0.5, 0.6) is 0 Å². The van der Waals surface area contributed by atoms with E-state index in [0.29, 0.717) is 0 Å². The summed E-state index contributed by atoms with van der Waals surface area (Å²) in [4.78, 5) is 4.92. The van der Waals surface area contributed by atoms with Crippen molar-refractivity contribution < 1.29 is 0 Å². The average molecular weight is 995 g/mol. The Morgan fingerprint density at radius 2 is 0.538 bits per heavy atom. The fraction of sp³-hybridized carbons (Fsp3) is 0. The highest BCUT2D eigenvalue weighted by Crippen LogP contribution is 2.47. The Hall–Kier alpha value is -10.4. The Morgan fingerprint density at radius 1 is 0.205 bits per heavy atom. The van der Waals surface area contributed by atoms with Gasteiger partial charge in [0.1, 0.15) is 0 Å². The highest BCUT2D eigenvalue weighted by atomic mass is 15.2. The molecule has 0 aliphatic heterocycles. The normalized spacial score (nSPS) is 11.6. The predicted octanol–water partition coefficient (Wildman–Crippen LogP) is 20.5. The standard InChI is InChI=1S/C74H50N4/c1-5-20-51(21-6-1)55-38-42-71-65(46-55)67-49-61(40-44-73(67)77(71)57-28-9-3-10-29-57)75(69-36-17-26-53-24-13-15-34-63(53)69)59-32-19-33-60(48-59)76(70-37-18-27-54-25-14-16-35-64(54)70)62-41-45-74-68(50-62)66-47-56(52-22-7-2-8-23-52)39-43-72(66)78(74)58-30-11-4-12-31-58/h1-50H. The molecule has 2 aromatic heterocycles. The van der Waals surface area contributed by atoms with Gasteiger partial charge in [-0.25, -0.2) is 0 Å². The lowest BCUT2D eigenvalue weighted by molar-refractivity contribution is 1.18. The highest BCUT2D eigenvalue weighted by Gasteiger charge is 2.24. The summed E-state index contributed by atoms with van der Waals surface area (Å²) in [5.41, 5.74) is 18.1. The molecule has 366 valence electrons. The van der Waals surface area contributed by atoms with Crippen LogP contribution in [0.25, 0.3) is 98.8 Å². The van der Waals surface area contributed by atoms with E-state index in [1.165, 1.54) is 65.3 Å². The number of rotatable bonds is 10. The van der Waals surface area contributed by atoms with E-state index in [1.54, 1.807) is 0 Å². The minimum atomic E-state index is 1.04. The third-order valence-corrected chi connectivity index (χ3v) is 15.6. The molecule has 13 aromatic carbocycles. The van der Waals surface area contributed by atoms with Crippen LogP contribution in [0.2, 0.25) is 0 Å². The average Bonchev–Trinajstić information content (AvgIpc) is 4.13. The number of hydrogen-bond donors (Lipinski definition) is 0. The molecule has 0 aliphatic rings. The predicted molar refractivity (Wildman–Crippen MR) is 330 cm³/mol. The van der Waals surface area contributed by atoms with E-state index >= 15 is 0 Å². The Labute approximate surface area is 452 Å². The van der Waals surface area contributed by atoms with Crippen LogP contribution in [0.3, 0.4) is 0 Å². The number of fused-ring (bicyclic) bond motifs is 8. The number of anilines is 6. The van der Waals surface area contributed by atoms with E-state index in [0.717, 1.165) is 67.6 Å². The Kier molecular flexibility index (Phi) is 10.8. The van der Waals surface area contributed by atoms with Crippen LogP contribution in [-0.4, -0.2) is 9.13 Å². The molecule has 4 nitrogen and oxygen atoms in total. The van der Waals surface area contributed by atoms with Gasteiger partial charge in [0.15, 0.2) is 0 Å². The summed E-state index contributed by atoms with van der Waals surface area (Å²) in [7, 11) is 0. The summed E-state index contributed by atoms with van der Waals surface area (Å²) >= 11 is 0. The number of benzene rings is 13. The maximum atomic E-state index is 2.46. The maximum absolute atomic E-state index is 2.46. The molecule has 0 amide bonds. The lowest BCUT2D eigenvalue weighted by Crippen LogP contribution is -2.14. The number of aromatic nitrogens is 2. The van der Waals surface area contributed by atoms with Crippen LogP contribution in [0, 0.1) is 0 Å². The van der Waals surface area contributed by atoms with E-state index in [4.69, 9.17) is 0 Å². The summed E-state index contributed by atoms with van der Waals surface area (Å²) in [5.74, 6) is 0. The van der Waals surface area contributed by atoms with Crippen LogP contribution in [-0.2, 0) is 0 Å². The molecule has 0 radical (unpaired) electrons. The molecule has 15 rings (SSSR count). The summed E-state index contributed by atoms with van der Waals surface area (Å²) in [5, 5.41) is 9.47. The largest absolute Gasteiger partial charge is 0.310 e. The van der Waals surface area contributed by atoms with Gasteiger partial charge in [0.05, 0.1) is 33.4 Å². The summed E-state index contributed by atoms with van der Waals surface area (Å²) in [6.07, 6.45) is 0. The van der Waals surface area contributed by atoms with Crippen molar-refractivity contribution >= 4 is 99.3 Å². The van der Waals surface area contributed by atoms with Crippen molar-refractivity contribution in [3.05, 3.63) is 303 Å². The summed E-state index contributed by atoms with van der Waals surface area (Å²) in [6.45, 7) is 0. The molecule has 0 spiro atoms. The number of nitrogens with zero attached hydrogens (tertiary/aromatic N) is 4. The lowest BCUT2D eigenvalue weighted by Gasteiger charge is -2.30. The van der Waals surface area contributed by atoms with Gasteiger partial charge in [-0.2, -0.15) is 0 Å². The van der Waals surface area contributed by atoms with Crippen molar-refractivity contribution in [2.24, 2.45) is 0 Å². The first-order valence-electron chi connectivity index (χ1n) is 26.7. The van der Waals surface area contributed by atoms with Gasteiger partial charge >= 0.3 is 0 Å². The molecular weight excluding hydrogens is 945 g/mol. The Morgan fingerprint density at radius 3 is 0.974 bits per heavy atom. The third kappa shape index (κ3) is 7.61.